The number of imidazole rings is 1. The lowest BCUT2D eigenvalue weighted by atomic mass is 9.84. The van der Waals surface area contributed by atoms with Gasteiger partial charge in [0.25, 0.3) is 0 Å². The van der Waals surface area contributed by atoms with Crippen molar-refractivity contribution in [1.82, 2.24) is 14.9 Å². The second-order valence-electron chi connectivity index (χ2n) is 5.55. The zero-order chi connectivity index (χ0) is 11.8. The molecule has 3 rings (SSSR count). The molecule has 0 spiro atoms. The van der Waals surface area contributed by atoms with Crippen LogP contribution in [-0.2, 0) is 0 Å². The summed E-state index contributed by atoms with van der Waals surface area (Å²) in [5, 5.41) is 3.09. The molecule has 1 amide bonds. The minimum atomic E-state index is -0.0576. The van der Waals surface area contributed by atoms with Crippen LogP contribution >= 0.6 is 0 Å². The third-order valence-corrected chi connectivity index (χ3v) is 4.53. The van der Waals surface area contributed by atoms with Crippen molar-refractivity contribution < 1.29 is 4.79 Å². The van der Waals surface area contributed by atoms with Crippen molar-refractivity contribution in [3.05, 3.63) is 18.7 Å². The van der Waals surface area contributed by atoms with E-state index in [0.717, 1.165) is 11.8 Å². The molecule has 0 unspecified atom stereocenters. The number of nitrogens with one attached hydrogen (secondary N) is 1. The first kappa shape index (κ1) is 10.8. The molecule has 1 aromatic rings. The first-order valence-corrected chi connectivity index (χ1v) is 6.53. The Hall–Kier alpha value is -1.32. The van der Waals surface area contributed by atoms with Crippen LogP contribution in [0, 0.1) is 17.8 Å². The van der Waals surface area contributed by atoms with Crippen LogP contribution in [0.5, 0.6) is 0 Å². The lowest BCUT2D eigenvalue weighted by molar-refractivity contribution is 0.221. The summed E-state index contributed by atoms with van der Waals surface area (Å²) >= 11 is 0. The Morgan fingerprint density at radius 3 is 2.94 bits per heavy atom. The van der Waals surface area contributed by atoms with E-state index in [9.17, 15) is 4.79 Å². The number of rotatable bonds is 2. The molecule has 2 fully saturated rings. The maximum atomic E-state index is 11.9. The van der Waals surface area contributed by atoms with Crippen molar-refractivity contribution >= 4 is 6.03 Å². The summed E-state index contributed by atoms with van der Waals surface area (Å²) in [6.07, 6.45) is 10.3. The highest BCUT2D eigenvalue weighted by molar-refractivity contribution is 5.76. The van der Waals surface area contributed by atoms with Crippen molar-refractivity contribution in [3.8, 4) is 0 Å². The van der Waals surface area contributed by atoms with Crippen LogP contribution in [0.2, 0.25) is 0 Å². The fourth-order valence-electron chi connectivity index (χ4n) is 3.66. The molecule has 17 heavy (non-hydrogen) atoms. The van der Waals surface area contributed by atoms with Gasteiger partial charge in [-0.25, -0.2) is 9.78 Å². The summed E-state index contributed by atoms with van der Waals surface area (Å²) < 4.78 is 1.50. The smallest absolute Gasteiger partial charge is 0.327 e. The van der Waals surface area contributed by atoms with E-state index in [4.69, 9.17) is 0 Å². The van der Waals surface area contributed by atoms with Crippen LogP contribution < -0.4 is 5.32 Å². The third kappa shape index (κ3) is 1.96. The molecule has 1 aromatic heterocycles. The first-order valence-electron chi connectivity index (χ1n) is 6.53. The summed E-state index contributed by atoms with van der Waals surface area (Å²) in [5.74, 6) is 2.46. The molecular formula is C13H19N3O. The van der Waals surface area contributed by atoms with Gasteiger partial charge in [-0.15, -0.1) is 0 Å². The van der Waals surface area contributed by atoms with Gasteiger partial charge < -0.3 is 5.32 Å². The maximum Gasteiger partial charge on any atom is 0.327 e. The Kier molecular flexibility index (Phi) is 2.65. The molecule has 0 aliphatic heterocycles. The minimum Gasteiger partial charge on any atom is -0.335 e. The number of nitrogens with zero attached hydrogens (tertiary/aromatic N) is 2. The second-order valence-corrected chi connectivity index (χ2v) is 5.55. The zero-order valence-electron chi connectivity index (χ0n) is 10.2. The highest BCUT2D eigenvalue weighted by Crippen LogP contribution is 2.49. The van der Waals surface area contributed by atoms with E-state index in [1.54, 1.807) is 18.7 Å². The van der Waals surface area contributed by atoms with E-state index >= 15 is 0 Å². The topological polar surface area (TPSA) is 46.9 Å². The molecule has 0 aromatic carbocycles. The molecule has 2 aliphatic carbocycles. The number of amides is 1. The molecule has 2 saturated carbocycles. The fourth-order valence-corrected chi connectivity index (χ4v) is 3.66. The van der Waals surface area contributed by atoms with Crippen molar-refractivity contribution in [1.29, 1.82) is 0 Å². The zero-order valence-corrected chi connectivity index (χ0v) is 10.2. The van der Waals surface area contributed by atoms with Gasteiger partial charge in [-0.3, -0.25) is 4.57 Å². The van der Waals surface area contributed by atoms with Crippen molar-refractivity contribution in [2.24, 2.45) is 17.8 Å². The lowest BCUT2D eigenvalue weighted by Gasteiger charge is -2.28. The van der Waals surface area contributed by atoms with Crippen LogP contribution in [0.3, 0.4) is 0 Å². The summed E-state index contributed by atoms with van der Waals surface area (Å²) in [5.41, 5.74) is 0. The van der Waals surface area contributed by atoms with Crippen molar-refractivity contribution in [2.45, 2.75) is 38.6 Å². The highest BCUT2D eigenvalue weighted by Gasteiger charge is 2.42. The summed E-state index contributed by atoms with van der Waals surface area (Å²) in [6, 6.07) is 0.220. The number of aromatic nitrogens is 2. The molecule has 2 bridgehead atoms. The monoisotopic (exact) mass is 233 g/mol. The fraction of sp³-hybridized carbons (Fsp3) is 0.692. The Bertz CT molecular complexity index is 401. The highest BCUT2D eigenvalue weighted by atomic mass is 16.2. The van der Waals surface area contributed by atoms with E-state index in [-0.39, 0.29) is 12.1 Å². The largest absolute Gasteiger partial charge is 0.335 e. The van der Waals surface area contributed by atoms with Gasteiger partial charge in [-0.1, -0.05) is 6.42 Å². The van der Waals surface area contributed by atoms with Gasteiger partial charge in [0.05, 0.1) is 0 Å². The Morgan fingerprint density at radius 1 is 1.47 bits per heavy atom. The van der Waals surface area contributed by atoms with Crippen LogP contribution in [0.1, 0.15) is 32.6 Å². The SMILES string of the molecule is C[C@H](NC(=O)n1ccnc1)[C@@H]1C[C@H]2CC[C@H]1C2. The van der Waals surface area contributed by atoms with Crippen molar-refractivity contribution in [3.63, 3.8) is 0 Å². The molecule has 2 aliphatic rings. The van der Waals surface area contributed by atoms with Gasteiger partial charge in [0.15, 0.2) is 0 Å². The second kappa shape index (κ2) is 4.17. The molecule has 4 nitrogen and oxygen atoms in total. The predicted molar refractivity (Wildman–Crippen MR) is 64.6 cm³/mol. The van der Waals surface area contributed by atoms with Crippen LogP contribution in [-0.4, -0.2) is 21.6 Å². The Morgan fingerprint density at radius 2 is 2.35 bits per heavy atom. The van der Waals surface area contributed by atoms with Gasteiger partial charge in [0.1, 0.15) is 6.33 Å². The number of hydrogen-bond donors (Lipinski definition) is 1. The van der Waals surface area contributed by atoms with Gasteiger partial charge >= 0.3 is 6.03 Å². The third-order valence-electron chi connectivity index (χ3n) is 4.53. The van der Waals surface area contributed by atoms with Gasteiger partial charge in [-0.2, -0.15) is 0 Å². The van der Waals surface area contributed by atoms with E-state index < -0.39 is 0 Å². The number of carbonyl (C=O) groups excluding carboxylic acids is 1. The lowest BCUT2D eigenvalue weighted by Crippen LogP contribution is -2.41. The Balaban J connectivity index is 1.60. The average molecular weight is 233 g/mol. The van der Waals surface area contributed by atoms with Gasteiger partial charge in [0, 0.05) is 18.4 Å². The van der Waals surface area contributed by atoms with Gasteiger partial charge in [-0.05, 0) is 43.9 Å². The van der Waals surface area contributed by atoms with E-state index in [0.29, 0.717) is 5.92 Å². The van der Waals surface area contributed by atoms with E-state index in [2.05, 4.69) is 17.2 Å². The molecule has 0 saturated heterocycles. The molecule has 0 radical (unpaired) electrons. The molecular weight excluding hydrogens is 214 g/mol. The molecule has 1 heterocycles. The van der Waals surface area contributed by atoms with Crippen LogP contribution in [0.15, 0.2) is 18.7 Å². The number of hydrogen-bond acceptors (Lipinski definition) is 2. The van der Waals surface area contributed by atoms with Crippen LogP contribution in [0.25, 0.3) is 0 Å². The first-order chi connectivity index (χ1) is 8.24. The van der Waals surface area contributed by atoms with Gasteiger partial charge in [0.2, 0.25) is 0 Å². The summed E-state index contributed by atoms with van der Waals surface area (Å²) in [7, 11) is 0. The average Bonchev–Trinajstić information content (AvgIpc) is 3.05. The standard InChI is InChI=1S/C13H19N3O/c1-9(12-7-10-2-3-11(12)6-10)15-13(17)16-5-4-14-8-16/h4-5,8-12H,2-3,6-7H2,1H3,(H,15,17)/t9-,10-,11-,12-/m0/s1. The van der Waals surface area contributed by atoms with Crippen LogP contribution in [0.4, 0.5) is 4.79 Å². The quantitative estimate of drug-likeness (QED) is 0.851. The Labute approximate surface area is 101 Å². The van der Waals surface area contributed by atoms with Crippen molar-refractivity contribution in [2.75, 3.05) is 0 Å². The molecule has 4 atom stereocenters. The molecule has 1 N–H and O–H groups in total. The van der Waals surface area contributed by atoms with E-state index in [1.807, 2.05) is 0 Å². The minimum absolute atomic E-state index is 0.0576. The number of carbonyl (C=O) groups is 1. The summed E-state index contributed by atoms with van der Waals surface area (Å²) in [6.45, 7) is 2.14. The predicted octanol–water partition coefficient (Wildman–Crippen LogP) is 2.27. The maximum absolute atomic E-state index is 11.9. The normalized spacial score (nSPS) is 32.6. The number of fused-ring (bicyclic) bond motifs is 2. The molecule has 92 valence electrons. The summed E-state index contributed by atoms with van der Waals surface area (Å²) in [4.78, 5) is 15.8. The molecule has 4 heteroatoms. The van der Waals surface area contributed by atoms with E-state index in [1.165, 1.54) is 30.3 Å².